The minimum absolute atomic E-state index is 0.0359. The van der Waals surface area contributed by atoms with E-state index in [2.05, 4.69) is 16.4 Å². The van der Waals surface area contributed by atoms with Gasteiger partial charge in [0, 0.05) is 11.1 Å². The first-order chi connectivity index (χ1) is 13.0. The number of thiazole rings is 1. The standard InChI is InChI=1S/C21H19N3OS2/c1-13-8-9-14(2)19(10-13)24-20(25)17-6-4-5-7-18(17)23-21(24)27-12-16-11-26-15(3)22-16/h4-11H,12H2,1-3H3. The van der Waals surface area contributed by atoms with E-state index in [0.29, 0.717) is 16.3 Å². The lowest BCUT2D eigenvalue weighted by Gasteiger charge is -2.15. The Morgan fingerprint density at radius 1 is 1.07 bits per heavy atom. The van der Waals surface area contributed by atoms with Crippen LogP contribution in [-0.4, -0.2) is 14.5 Å². The Hall–Kier alpha value is -2.44. The van der Waals surface area contributed by atoms with Crippen molar-refractivity contribution < 1.29 is 0 Å². The predicted molar refractivity (Wildman–Crippen MR) is 113 cm³/mol. The van der Waals surface area contributed by atoms with Crippen molar-refractivity contribution in [1.29, 1.82) is 0 Å². The Morgan fingerprint density at radius 3 is 2.67 bits per heavy atom. The van der Waals surface area contributed by atoms with Gasteiger partial charge in [-0.15, -0.1) is 11.3 Å². The van der Waals surface area contributed by atoms with Gasteiger partial charge in [0.25, 0.3) is 5.56 Å². The van der Waals surface area contributed by atoms with Crippen LogP contribution in [0.25, 0.3) is 16.6 Å². The molecule has 0 N–H and O–H groups in total. The normalized spacial score (nSPS) is 11.2. The summed E-state index contributed by atoms with van der Waals surface area (Å²) in [6.45, 7) is 6.06. The van der Waals surface area contributed by atoms with Gasteiger partial charge in [-0.1, -0.05) is 36.0 Å². The predicted octanol–water partition coefficient (Wildman–Crippen LogP) is 5.06. The van der Waals surface area contributed by atoms with Crippen molar-refractivity contribution in [2.45, 2.75) is 31.7 Å². The van der Waals surface area contributed by atoms with E-state index in [-0.39, 0.29) is 5.56 Å². The fourth-order valence-electron chi connectivity index (χ4n) is 2.99. The number of aryl methyl sites for hydroxylation is 3. The van der Waals surface area contributed by atoms with Crippen LogP contribution in [-0.2, 0) is 5.75 Å². The number of benzene rings is 2. The van der Waals surface area contributed by atoms with Gasteiger partial charge in [0.05, 0.1) is 27.3 Å². The smallest absolute Gasteiger partial charge is 0.266 e. The van der Waals surface area contributed by atoms with E-state index in [1.54, 1.807) is 27.7 Å². The highest BCUT2D eigenvalue weighted by atomic mass is 32.2. The summed E-state index contributed by atoms with van der Waals surface area (Å²) in [5.74, 6) is 0.681. The maximum absolute atomic E-state index is 13.3. The summed E-state index contributed by atoms with van der Waals surface area (Å²) in [5, 5.41) is 4.43. The van der Waals surface area contributed by atoms with Gasteiger partial charge >= 0.3 is 0 Å². The molecule has 0 saturated carbocycles. The number of thioether (sulfide) groups is 1. The van der Waals surface area contributed by atoms with Crippen molar-refractivity contribution >= 4 is 34.0 Å². The number of para-hydroxylation sites is 1. The molecule has 0 bridgehead atoms. The number of hydrogen-bond acceptors (Lipinski definition) is 5. The molecule has 0 atom stereocenters. The van der Waals surface area contributed by atoms with Crippen molar-refractivity contribution in [2.75, 3.05) is 0 Å². The number of nitrogens with zero attached hydrogens (tertiary/aromatic N) is 3. The summed E-state index contributed by atoms with van der Waals surface area (Å²) in [5.41, 5.74) is 4.74. The molecule has 4 rings (SSSR count). The zero-order valence-corrected chi connectivity index (χ0v) is 17.0. The molecule has 2 aromatic heterocycles. The largest absolute Gasteiger partial charge is 0.268 e. The van der Waals surface area contributed by atoms with Crippen LogP contribution in [0, 0.1) is 20.8 Å². The van der Waals surface area contributed by atoms with Crippen LogP contribution < -0.4 is 5.56 Å². The third kappa shape index (κ3) is 3.55. The molecule has 0 aliphatic carbocycles. The van der Waals surface area contributed by atoms with Crippen LogP contribution in [0.2, 0.25) is 0 Å². The molecule has 0 radical (unpaired) electrons. The van der Waals surface area contributed by atoms with Gasteiger partial charge in [0.2, 0.25) is 0 Å². The highest BCUT2D eigenvalue weighted by Gasteiger charge is 2.15. The van der Waals surface area contributed by atoms with E-state index < -0.39 is 0 Å². The number of fused-ring (bicyclic) bond motifs is 1. The van der Waals surface area contributed by atoms with E-state index in [9.17, 15) is 4.79 Å². The lowest BCUT2D eigenvalue weighted by molar-refractivity contribution is 0.813. The van der Waals surface area contributed by atoms with Gasteiger partial charge in [-0.25, -0.2) is 9.97 Å². The summed E-state index contributed by atoms with van der Waals surface area (Å²) in [7, 11) is 0. The van der Waals surface area contributed by atoms with Gasteiger partial charge in [-0.2, -0.15) is 0 Å². The van der Waals surface area contributed by atoms with Crippen LogP contribution in [0.3, 0.4) is 0 Å². The molecular weight excluding hydrogens is 374 g/mol. The molecule has 0 aliphatic heterocycles. The number of aromatic nitrogens is 3. The molecule has 0 unspecified atom stereocenters. The maximum Gasteiger partial charge on any atom is 0.266 e. The SMILES string of the molecule is Cc1ccc(C)c(-n2c(SCc3csc(C)n3)nc3ccccc3c2=O)c1. The van der Waals surface area contributed by atoms with E-state index in [4.69, 9.17) is 4.98 Å². The van der Waals surface area contributed by atoms with Gasteiger partial charge in [-0.3, -0.25) is 9.36 Å². The Balaban J connectivity index is 1.90. The second-order valence-electron chi connectivity index (χ2n) is 6.49. The molecule has 0 aliphatic rings. The van der Waals surface area contributed by atoms with E-state index in [1.165, 1.54) is 0 Å². The van der Waals surface area contributed by atoms with Gasteiger partial charge in [-0.05, 0) is 50.1 Å². The quantitative estimate of drug-likeness (QED) is 0.359. The van der Waals surface area contributed by atoms with Gasteiger partial charge in [0.1, 0.15) is 0 Å². The Kier molecular flexibility index (Phi) is 4.85. The first-order valence-corrected chi connectivity index (χ1v) is 10.5. The second-order valence-corrected chi connectivity index (χ2v) is 8.49. The Morgan fingerprint density at radius 2 is 1.89 bits per heavy atom. The molecule has 2 aromatic carbocycles. The first-order valence-electron chi connectivity index (χ1n) is 8.66. The second kappa shape index (κ2) is 7.29. The summed E-state index contributed by atoms with van der Waals surface area (Å²) in [4.78, 5) is 22.7. The maximum atomic E-state index is 13.3. The summed E-state index contributed by atoms with van der Waals surface area (Å²) >= 11 is 3.18. The van der Waals surface area contributed by atoms with Crippen LogP contribution in [0.15, 0.2) is 57.8 Å². The molecule has 4 aromatic rings. The molecule has 27 heavy (non-hydrogen) atoms. The van der Waals surface area contributed by atoms with E-state index in [0.717, 1.165) is 33.0 Å². The topological polar surface area (TPSA) is 47.8 Å². The van der Waals surface area contributed by atoms with Gasteiger partial charge in [0.15, 0.2) is 5.16 Å². The molecule has 2 heterocycles. The minimum atomic E-state index is -0.0359. The molecule has 136 valence electrons. The zero-order chi connectivity index (χ0) is 19.0. The third-order valence-corrected chi connectivity index (χ3v) is 6.16. The van der Waals surface area contributed by atoms with Crippen molar-refractivity contribution in [1.82, 2.24) is 14.5 Å². The average molecular weight is 394 g/mol. The molecule has 0 spiro atoms. The lowest BCUT2D eigenvalue weighted by atomic mass is 10.1. The highest BCUT2D eigenvalue weighted by molar-refractivity contribution is 7.98. The molecule has 6 heteroatoms. The number of hydrogen-bond donors (Lipinski definition) is 0. The van der Waals surface area contributed by atoms with Gasteiger partial charge < -0.3 is 0 Å². The fraction of sp³-hybridized carbons (Fsp3) is 0.190. The Labute approximate surface area is 165 Å². The molecule has 4 nitrogen and oxygen atoms in total. The highest BCUT2D eigenvalue weighted by Crippen LogP contribution is 2.26. The van der Waals surface area contributed by atoms with Crippen LogP contribution in [0.1, 0.15) is 21.8 Å². The Bertz CT molecular complexity index is 1190. The molecule has 0 amide bonds. The molecular formula is C21H19N3OS2. The molecule has 0 fully saturated rings. The van der Waals surface area contributed by atoms with Crippen molar-refractivity contribution in [3.63, 3.8) is 0 Å². The summed E-state index contributed by atoms with van der Waals surface area (Å²) in [6, 6.07) is 13.7. The molecule has 0 saturated heterocycles. The van der Waals surface area contributed by atoms with Crippen LogP contribution >= 0.6 is 23.1 Å². The third-order valence-electron chi connectivity index (χ3n) is 4.37. The fourth-order valence-corrected chi connectivity index (χ4v) is 4.61. The monoisotopic (exact) mass is 393 g/mol. The summed E-state index contributed by atoms with van der Waals surface area (Å²) < 4.78 is 1.74. The van der Waals surface area contributed by atoms with E-state index >= 15 is 0 Å². The van der Waals surface area contributed by atoms with Crippen molar-refractivity contribution in [3.05, 3.63) is 80.0 Å². The van der Waals surface area contributed by atoms with Crippen LogP contribution in [0.4, 0.5) is 0 Å². The van der Waals surface area contributed by atoms with Crippen molar-refractivity contribution in [3.8, 4) is 5.69 Å². The number of rotatable bonds is 4. The van der Waals surface area contributed by atoms with Crippen molar-refractivity contribution in [2.24, 2.45) is 0 Å². The average Bonchev–Trinajstić information content (AvgIpc) is 3.08. The first kappa shape index (κ1) is 17.9. The zero-order valence-electron chi connectivity index (χ0n) is 15.4. The minimum Gasteiger partial charge on any atom is -0.268 e. The van der Waals surface area contributed by atoms with Crippen LogP contribution in [0.5, 0.6) is 0 Å². The summed E-state index contributed by atoms with van der Waals surface area (Å²) in [6.07, 6.45) is 0. The lowest BCUT2D eigenvalue weighted by Crippen LogP contribution is -2.22. The van der Waals surface area contributed by atoms with E-state index in [1.807, 2.05) is 57.2 Å².